The molecule has 0 bridgehead atoms. The van der Waals surface area contributed by atoms with Crippen molar-refractivity contribution in [3.8, 4) is 0 Å². The van der Waals surface area contributed by atoms with Gasteiger partial charge in [-0.1, -0.05) is 11.6 Å². The molecule has 2 rings (SSSR count). The molecule has 0 aliphatic carbocycles. The van der Waals surface area contributed by atoms with E-state index in [1.165, 1.54) is 32.1 Å². The molecule has 1 fully saturated rings. The Morgan fingerprint density at radius 1 is 1.41 bits per heavy atom. The molecule has 0 amide bonds. The summed E-state index contributed by atoms with van der Waals surface area (Å²) in [6.45, 7) is 4.46. The van der Waals surface area contributed by atoms with Crippen LogP contribution >= 0.6 is 11.6 Å². The SMILES string of the molecule is Nc1ncc(Cl)c(NCCCN2CCCC2)n1. The number of nitrogens with two attached hydrogens (primary N) is 1. The first kappa shape index (κ1) is 12.4. The predicted octanol–water partition coefficient (Wildman–Crippen LogP) is 1.61. The largest absolute Gasteiger partial charge is 0.369 e. The number of nitrogen functional groups attached to an aromatic ring is 1. The van der Waals surface area contributed by atoms with Crippen molar-refractivity contribution in [1.29, 1.82) is 0 Å². The quantitative estimate of drug-likeness (QED) is 0.783. The molecule has 1 aliphatic rings. The first-order valence-electron chi connectivity index (χ1n) is 6.00. The van der Waals surface area contributed by atoms with Crippen LogP contribution in [0.2, 0.25) is 5.02 Å². The van der Waals surface area contributed by atoms with Crippen molar-refractivity contribution in [1.82, 2.24) is 14.9 Å². The Morgan fingerprint density at radius 2 is 2.18 bits per heavy atom. The first-order chi connectivity index (χ1) is 8.25. The highest BCUT2D eigenvalue weighted by Gasteiger charge is 2.10. The molecule has 6 heteroatoms. The molecule has 94 valence electrons. The Balaban J connectivity index is 1.72. The monoisotopic (exact) mass is 255 g/mol. The number of aromatic nitrogens is 2. The lowest BCUT2D eigenvalue weighted by Gasteiger charge is -2.14. The molecule has 1 aromatic heterocycles. The van der Waals surface area contributed by atoms with Crippen LogP contribution in [0.5, 0.6) is 0 Å². The van der Waals surface area contributed by atoms with Crippen LogP contribution < -0.4 is 11.1 Å². The van der Waals surface area contributed by atoms with Gasteiger partial charge in [0, 0.05) is 6.54 Å². The van der Waals surface area contributed by atoms with E-state index in [1.807, 2.05) is 0 Å². The molecule has 0 spiro atoms. The average Bonchev–Trinajstić information content (AvgIpc) is 2.82. The van der Waals surface area contributed by atoms with Gasteiger partial charge in [0.1, 0.15) is 10.8 Å². The zero-order valence-corrected chi connectivity index (χ0v) is 10.6. The Hall–Kier alpha value is -1.07. The predicted molar refractivity (Wildman–Crippen MR) is 70.2 cm³/mol. The highest BCUT2D eigenvalue weighted by atomic mass is 35.5. The molecule has 1 aliphatic heterocycles. The van der Waals surface area contributed by atoms with Gasteiger partial charge in [0.15, 0.2) is 0 Å². The fourth-order valence-electron chi connectivity index (χ4n) is 2.02. The van der Waals surface area contributed by atoms with E-state index in [4.69, 9.17) is 17.3 Å². The van der Waals surface area contributed by atoms with Crippen LogP contribution in [0.1, 0.15) is 19.3 Å². The number of anilines is 2. The van der Waals surface area contributed by atoms with Gasteiger partial charge < -0.3 is 16.0 Å². The minimum Gasteiger partial charge on any atom is -0.369 e. The number of nitrogens with zero attached hydrogens (tertiary/aromatic N) is 3. The van der Waals surface area contributed by atoms with Gasteiger partial charge in [0.2, 0.25) is 5.95 Å². The van der Waals surface area contributed by atoms with Crippen LogP contribution in [-0.4, -0.2) is 41.0 Å². The molecule has 0 radical (unpaired) electrons. The number of hydrogen-bond donors (Lipinski definition) is 2. The van der Waals surface area contributed by atoms with Crippen molar-refractivity contribution >= 4 is 23.4 Å². The Labute approximate surface area is 106 Å². The number of halogens is 1. The molecule has 1 saturated heterocycles. The smallest absolute Gasteiger partial charge is 0.222 e. The van der Waals surface area contributed by atoms with Crippen molar-refractivity contribution in [2.45, 2.75) is 19.3 Å². The second kappa shape index (κ2) is 6.02. The molecule has 0 unspecified atom stereocenters. The van der Waals surface area contributed by atoms with Gasteiger partial charge in [-0.15, -0.1) is 0 Å². The third-order valence-electron chi connectivity index (χ3n) is 2.90. The second-order valence-corrected chi connectivity index (χ2v) is 4.66. The van der Waals surface area contributed by atoms with E-state index < -0.39 is 0 Å². The Bertz CT molecular complexity index is 365. The van der Waals surface area contributed by atoms with Gasteiger partial charge in [-0.25, -0.2) is 4.98 Å². The summed E-state index contributed by atoms with van der Waals surface area (Å²) in [6, 6.07) is 0. The highest BCUT2D eigenvalue weighted by Crippen LogP contribution is 2.18. The van der Waals surface area contributed by atoms with E-state index >= 15 is 0 Å². The van der Waals surface area contributed by atoms with Crippen molar-refractivity contribution < 1.29 is 0 Å². The van der Waals surface area contributed by atoms with Crippen LogP contribution in [0.25, 0.3) is 0 Å². The van der Waals surface area contributed by atoms with E-state index in [9.17, 15) is 0 Å². The van der Waals surface area contributed by atoms with Crippen molar-refractivity contribution in [2.24, 2.45) is 0 Å². The molecule has 1 aromatic rings. The van der Waals surface area contributed by atoms with Gasteiger partial charge in [0.25, 0.3) is 0 Å². The summed E-state index contributed by atoms with van der Waals surface area (Å²) in [6.07, 6.45) is 5.27. The topological polar surface area (TPSA) is 67.1 Å². The number of likely N-dealkylation sites (tertiary alicyclic amines) is 1. The van der Waals surface area contributed by atoms with E-state index in [0.717, 1.165) is 19.5 Å². The minimum absolute atomic E-state index is 0.247. The van der Waals surface area contributed by atoms with Gasteiger partial charge in [-0.3, -0.25) is 0 Å². The zero-order valence-electron chi connectivity index (χ0n) is 9.82. The molecular weight excluding hydrogens is 238 g/mol. The fraction of sp³-hybridized carbons (Fsp3) is 0.636. The van der Waals surface area contributed by atoms with Crippen LogP contribution in [0.3, 0.4) is 0 Å². The van der Waals surface area contributed by atoms with E-state index in [0.29, 0.717) is 10.8 Å². The maximum Gasteiger partial charge on any atom is 0.222 e. The Morgan fingerprint density at radius 3 is 2.94 bits per heavy atom. The molecule has 0 atom stereocenters. The van der Waals surface area contributed by atoms with Crippen LogP contribution in [0.4, 0.5) is 11.8 Å². The summed E-state index contributed by atoms with van der Waals surface area (Å²) < 4.78 is 0. The molecule has 3 N–H and O–H groups in total. The second-order valence-electron chi connectivity index (χ2n) is 4.25. The third-order valence-corrected chi connectivity index (χ3v) is 3.18. The van der Waals surface area contributed by atoms with Crippen molar-refractivity contribution in [3.05, 3.63) is 11.2 Å². The van der Waals surface area contributed by atoms with E-state index in [2.05, 4.69) is 20.2 Å². The number of hydrogen-bond acceptors (Lipinski definition) is 5. The summed E-state index contributed by atoms with van der Waals surface area (Å²) in [5, 5.41) is 3.70. The first-order valence-corrected chi connectivity index (χ1v) is 6.38. The number of nitrogens with one attached hydrogen (secondary N) is 1. The molecule has 0 aromatic carbocycles. The lowest BCUT2D eigenvalue weighted by molar-refractivity contribution is 0.337. The van der Waals surface area contributed by atoms with Gasteiger partial charge in [0.05, 0.1) is 6.20 Å². The Kier molecular flexibility index (Phi) is 4.39. The summed E-state index contributed by atoms with van der Waals surface area (Å²) in [4.78, 5) is 10.4. The number of rotatable bonds is 5. The lowest BCUT2D eigenvalue weighted by atomic mass is 10.4. The summed E-state index contributed by atoms with van der Waals surface area (Å²) >= 11 is 5.95. The molecule has 0 saturated carbocycles. The highest BCUT2D eigenvalue weighted by molar-refractivity contribution is 6.32. The van der Waals surface area contributed by atoms with E-state index in [-0.39, 0.29) is 5.95 Å². The normalized spacial score (nSPS) is 16.3. The molecule has 2 heterocycles. The standard InChI is InChI=1S/C11H18ClN5/c12-9-8-15-11(13)16-10(9)14-4-3-7-17-5-1-2-6-17/h8H,1-7H2,(H3,13,14,15,16). The van der Waals surface area contributed by atoms with Gasteiger partial charge in [-0.2, -0.15) is 4.98 Å². The van der Waals surface area contributed by atoms with Crippen LogP contribution in [0.15, 0.2) is 6.20 Å². The fourth-order valence-corrected chi connectivity index (χ4v) is 2.18. The van der Waals surface area contributed by atoms with E-state index in [1.54, 1.807) is 0 Å². The van der Waals surface area contributed by atoms with Crippen molar-refractivity contribution in [3.63, 3.8) is 0 Å². The zero-order chi connectivity index (χ0) is 12.1. The molecule has 17 heavy (non-hydrogen) atoms. The van der Waals surface area contributed by atoms with Gasteiger partial charge in [-0.05, 0) is 38.9 Å². The average molecular weight is 256 g/mol. The maximum atomic E-state index is 5.95. The van der Waals surface area contributed by atoms with Crippen LogP contribution in [0, 0.1) is 0 Å². The summed E-state index contributed by atoms with van der Waals surface area (Å²) in [7, 11) is 0. The molecule has 5 nitrogen and oxygen atoms in total. The maximum absolute atomic E-state index is 5.95. The lowest BCUT2D eigenvalue weighted by Crippen LogP contribution is -2.22. The van der Waals surface area contributed by atoms with Gasteiger partial charge >= 0.3 is 0 Å². The minimum atomic E-state index is 0.247. The van der Waals surface area contributed by atoms with Crippen molar-refractivity contribution in [2.75, 3.05) is 37.2 Å². The van der Waals surface area contributed by atoms with Crippen LogP contribution in [-0.2, 0) is 0 Å². The summed E-state index contributed by atoms with van der Waals surface area (Å²) in [5.74, 6) is 0.872. The summed E-state index contributed by atoms with van der Waals surface area (Å²) in [5.41, 5.74) is 5.50. The third kappa shape index (κ3) is 3.71. The molecular formula is C11H18ClN5.